The van der Waals surface area contributed by atoms with Gasteiger partial charge in [0.15, 0.2) is 0 Å². The Kier molecular flexibility index (Phi) is 5.46. The van der Waals surface area contributed by atoms with Crippen LogP contribution in [0, 0.1) is 6.92 Å². The van der Waals surface area contributed by atoms with Crippen molar-refractivity contribution in [2.75, 3.05) is 27.3 Å². The Hall–Kier alpha value is -0.900. The van der Waals surface area contributed by atoms with Crippen LogP contribution in [0.1, 0.15) is 11.1 Å². The first-order valence-electron chi connectivity index (χ1n) is 5.61. The van der Waals surface area contributed by atoms with Crippen molar-refractivity contribution >= 4 is 0 Å². The van der Waals surface area contributed by atoms with E-state index < -0.39 is 0 Å². The molecule has 0 saturated heterocycles. The van der Waals surface area contributed by atoms with Crippen molar-refractivity contribution in [3.63, 3.8) is 0 Å². The van der Waals surface area contributed by atoms with Gasteiger partial charge in [-0.3, -0.25) is 0 Å². The van der Waals surface area contributed by atoms with Crippen molar-refractivity contribution in [1.29, 1.82) is 0 Å². The van der Waals surface area contributed by atoms with Crippen LogP contribution in [0.4, 0.5) is 0 Å². The molecule has 0 heterocycles. The van der Waals surface area contributed by atoms with Gasteiger partial charge in [0.2, 0.25) is 0 Å². The van der Waals surface area contributed by atoms with Crippen molar-refractivity contribution in [1.82, 2.24) is 4.90 Å². The summed E-state index contributed by atoms with van der Waals surface area (Å²) in [5.41, 5.74) is 8.59. The third-order valence-electron chi connectivity index (χ3n) is 2.63. The van der Waals surface area contributed by atoms with Gasteiger partial charge in [0.1, 0.15) is 0 Å². The molecular weight excluding hydrogens is 200 g/mol. The second-order valence-corrected chi connectivity index (χ2v) is 4.34. The number of methoxy groups -OCH3 is 1. The molecule has 90 valence electrons. The van der Waals surface area contributed by atoms with Gasteiger partial charge in [0.25, 0.3) is 0 Å². The van der Waals surface area contributed by atoms with E-state index >= 15 is 0 Å². The van der Waals surface area contributed by atoms with Gasteiger partial charge in [-0.15, -0.1) is 0 Å². The largest absolute Gasteiger partial charge is 0.383 e. The molecule has 1 aromatic rings. The molecule has 0 amide bonds. The first-order valence-corrected chi connectivity index (χ1v) is 5.61. The third kappa shape index (κ3) is 4.31. The number of benzene rings is 1. The van der Waals surface area contributed by atoms with Crippen molar-refractivity contribution in [3.05, 3.63) is 35.4 Å². The lowest BCUT2D eigenvalue weighted by molar-refractivity contribution is 0.160. The summed E-state index contributed by atoms with van der Waals surface area (Å²) in [6.07, 6.45) is 0. The van der Waals surface area contributed by atoms with Crippen molar-refractivity contribution in [2.45, 2.75) is 19.5 Å². The van der Waals surface area contributed by atoms with E-state index in [9.17, 15) is 0 Å². The van der Waals surface area contributed by atoms with Crippen molar-refractivity contribution < 1.29 is 4.74 Å². The summed E-state index contributed by atoms with van der Waals surface area (Å²) in [6.45, 7) is 4.53. The van der Waals surface area contributed by atoms with E-state index in [2.05, 4.69) is 43.1 Å². The number of rotatable bonds is 6. The summed E-state index contributed by atoms with van der Waals surface area (Å²) in [7, 11) is 3.77. The van der Waals surface area contributed by atoms with Crippen molar-refractivity contribution in [2.24, 2.45) is 5.73 Å². The van der Waals surface area contributed by atoms with Crippen LogP contribution in [0.15, 0.2) is 24.3 Å². The van der Waals surface area contributed by atoms with Gasteiger partial charge in [-0.05, 0) is 25.1 Å². The molecule has 0 aromatic heterocycles. The van der Waals surface area contributed by atoms with Crippen LogP contribution in [-0.4, -0.2) is 38.3 Å². The zero-order valence-corrected chi connectivity index (χ0v) is 10.4. The quantitative estimate of drug-likeness (QED) is 0.790. The second kappa shape index (κ2) is 6.63. The van der Waals surface area contributed by atoms with Gasteiger partial charge in [-0.2, -0.15) is 0 Å². The predicted octanol–water partition coefficient (Wildman–Crippen LogP) is 1.40. The molecule has 1 rings (SSSR count). The molecule has 0 aliphatic heterocycles. The maximum absolute atomic E-state index is 5.91. The van der Waals surface area contributed by atoms with Gasteiger partial charge in [-0.1, -0.05) is 24.3 Å². The van der Waals surface area contributed by atoms with Gasteiger partial charge < -0.3 is 15.4 Å². The normalized spacial score (nSPS) is 13.1. The summed E-state index contributed by atoms with van der Waals surface area (Å²) >= 11 is 0. The number of likely N-dealkylation sites (N-methyl/N-ethyl adjacent to an activating group) is 1. The van der Waals surface area contributed by atoms with E-state index in [0.717, 1.165) is 13.1 Å². The van der Waals surface area contributed by atoms with Crippen LogP contribution >= 0.6 is 0 Å². The van der Waals surface area contributed by atoms with Crippen LogP contribution in [-0.2, 0) is 11.3 Å². The van der Waals surface area contributed by atoms with Crippen molar-refractivity contribution in [3.8, 4) is 0 Å². The minimum absolute atomic E-state index is 0.0824. The highest BCUT2D eigenvalue weighted by Gasteiger charge is 2.07. The van der Waals surface area contributed by atoms with Crippen LogP contribution in [0.2, 0.25) is 0 Å². The van der Waals surface area contributed by atoms with Crippen LogP contribution in [0.5, 0.6) is 0 Å². The van der Waals surface area contributed by atoms with Crippen LogP contribution < -0.4 is 5.73 Å². The fraction of sp³-hybridized carbons (Fsp3) is 0.538. The molecule has 1 aromatic carbocycles. The molecule has 2 N–H and O–H groups in total. The van der Waals surface area contributed by atoms with Crippen LogP contribution in [0.25, 0.3) is 0 Å². The molecule has 0 aliphatic carbocycles. The van der Waals surface area contributed by atoms with E-state index in [1.54, 1.807) is 7.11 Å². The molecule has 0 saturated carbocycles. The van der Waals surface area contributed by atoms with Crippen LogP contribution in [0.3, 0.4) is 0 Å². The molecule has 0 bridgehead atoms. The zero-order valence-electron chi connectivity index (χ0n) is 10.4. The number of nitrogens with two attached hydrogens (primary N) is 1. The van der Waals surface area contributed by atoms with Gasteiger partial charge in [-0.25, -0.2) is 0 Å². The Morgan fingerprint density at radius 3 is 2.69 bits per heavy atom. The number of aryl methyl sites for hydroxylation is 1. The van der Waals surface area contributed by atoms with E-state index in [1.807, 2.05) is 0 Å². The van der Waals surface area contributed by atoms with Gasteiger partial charge in [0.05, 0.1) is 6.61 Å². The summed E-state index contributed by atoms with van der Waals surface area (Å²) in [5.74, 6) is 0. The lowest BCUT2D eigenvalue weighted by atomic mass is 10.1. The summed E-state index contributed by atoms with van der Waals surface area (Å²) in [4.78, 5) is 2.23. The number of nitrogens with zero attached hydrogens (tertiary/aromatic N) is 1. The first kappa shape index (κ1) is 13.2. The van der Waals surface area contributed by atoms with Gasteiger partial charge >= 0.3 is 0 Å². The van der Waals surface area contributed by atoms with E-state index in [4.69, 9.17) is 10.5 Å². The summed E-state index contributed by atoms with van der Waals surface area (Å²) in [6, 6.07) is 8.52. The Balaban J connectivity index is 2.45. The molecule has 0 fully saturated rings. The molecule has 0 aliphatic rings. The Morgan fingerprint density at radius 2 is 2.06 bits per heavy atom. The maximum atomic E-state index is 5.91. The second-order valence-electron chi connectivity index (χ2n) is 4.34. The summed E-state index contributed by atoms with van der Waals surface area (Å²) < 4.78 is 5.03. The zero-order chi connectivity index (χ0) is 12.0. The number of hydrogen-bond acceptors (Lipinski definition) is 3. The highest BCUT2D eigenvalue weighted by molar-refractivity contribution is 5.25. The Bertz CT molecular complexity index is 315. The minimum atomic E-state index is 0.0824. The fourth-order valence-corrected chi connectivity index (χ4v) is 1.81. The topological polar surface area (TPSA) is 38.5 Å². The smallest absolute Gasteiger partial charge is 0.0626 e. The first-order chi connectivity index (χ1) is 7.63. The average Bonchev–Trinajstić information content (AvgIpc) is 2.21. The molecule has 0 spiro atoms. The number of ether oxygens (including phenoxy) is 1. The monoisotopic (exact) mass is 222 g/mol. The molecule has 3 heteroatoms. The molecular formula is C13H22N2O. The average molecular weight is 222 g/mol. The molecule has 16 heavy (non-hydrogen) atoms. The van der Waals surface area contributed by atoms with Gasteiger partial charge in [0, 0.05) is 26.2 Å². The lowest BCUT2D eigenvalue weighted by Crippen LogP contribution is -2.38. The standard InChI is InChI=1S/C13H22N2O/c1-11-6-4-5-7-12(11)8-15(2)9-13(14)10-16-3/h4-7,13H,8-10,14H2,1-3H3. The highest BCUT2D eigenvalue weighted by atomic mass is 16.5. The molecule has 0 radical (unpaired) electrons. The SMILES string of the molecule is COCC(N)CN(C)Cc1ccccc1C. The maximum Gasteiger partial charge on any atom is 0.0626 e. The summed E-state index contributed by atoms with van der Waals surface area (Å²) in [5, 5.41) is 0. The Labute approximate surface area is 98.2 Å². The minimum Gasteiger partial charge on any atom is -0.383 e. The molecule has 3 nitrogen and oxygen atoms in total. The van der Waals surface area contributed by atoms with E-state index in [0.29, 0.717) is 6.61 Å². The molecule has 1 unspecified atom stereocenters. The highest BCUT2D eigenvalue weighted by Crippen LogP contribution is 2.09. The Morgan fingerprint density at radius 1 is 1.38 bits per heavy atom. The van der Waals surface area contributed by atoms with E-state index in [-0.39, 0.29) is 6.04 Å². The third-order valence-corrected chi connectivity index (χ3v) is 2.63. The number of hydrogen-bond donors (Lipinski definition) is 1. The lowest BCUT2D eigenvalue weighted by Gasteiger charge is -2.21. The van der Waals surface area contributed by atoms with E-state index in [1.165, 1.54) is 11.1 Å². The molecule has 1 atom stereocenters. The predicted molar refractivity (Wildman–Crippen MR) is 67.4 cm³/mol. The fourth-order valence-electron chi connectivity index (χ4n) is 1.81.